The number of aliphatic carboxylic acids is 1. The number of carboxylic acid groups (broad SMARTS) is 1. The lowest BCUT2D eigenvalue weighted by atomic mass is 9.76. The van der Waals surface area contributed by atoms with Crippen molar-refractivity contribution in [3.8, 4) is 0 Å². The van der Waals surface area contributed by atoms with E-state index in [1.54, 1.807) is 0 Å². The Bertz CT molecular complexity index is 356. The summed E-state index contributed by atoms with van der Waals surface area (Å²) in [6.07, 6.45) is 0.689. The molecule has 2 rings (SSSR count). The van der Waals surface area contributed by atoms with Gasteiger partial charge in [-0.2, -0.15) is 0 Å². The third kappa shape index (κ3) is 1.65. The van der Waals surface area contributed by atoms with Crippen LogP contribution in [0.15, 0.2) is 10.1 Å². The maximum atomic E-state index is 10.8. The number of fused-ring (bicyclic) bond motifs is 1. The Morgan fingerprint density at radius 2 is 2.47 bits per heavy atom. The van der Waals surface area contributed by atoms with Crippen LogP contribution in [-0.2, 0) is 9.73 Å². The molecule has 0 saturated heterocycles. The number of thioether (sulfide) groups is 1. The molecule has 15 heavy (non-hydrogen) atoms. The van der Waals surface area contributed by atoms with Gasteiger partial charge in [0.25, 0.3) is 0 Å². The molecule has 0 aromatic carbocycles. The van der Waals surface area contributed by atoms with Crippen molar-refractivity contribution in [3.63, 3.8) is 0 Å². The van der Waals surface area contributed by atoms with Crippen molar-refractivity contribution in [2.45, 2.75) is 17.7 Å². The molecule has 82 valence electrons. The van der Waals surface area contributed by atoms with Gasteiger partial charge in [0, 0.05) is 11.2 Å². The molecule has 1 aliphatic heterocycles. The van der Waals surface area contributed by atoms with Gasteiger partial charge in [0.1, 0.15) is 0 Å². The summed E-state index contributed by atoms with van der Waals surface area (Å²) in [6.45, 7) is 0. The van der Waals surface area contributed by atoms with E-state index in [1.807, 2.05) is 0 Å². The summed E-state index contributed by atoms with van der Waals surface area (Å²) in [5.74, 6) is 3.36. The minimum atomic E-state index is -1.13. The van der Waals surface area contributed by atoms with Crippen LogP contribution in [0.25, 0.3) is 0 Å². The number of nitrogens with two attached hydrogens (primary N) is 2. The molecule has 0 amide bonds. The lowest BCUT2D eigenvalue weighted by molar-refractivity contribution is -0.130. The fraction of sp³-hybridized carbons (Fsp3) is 0.571. The molecule has 0 aromatic rings. The van der Waals surface area contributed by atoms with E-state index in [9.17, 15) is 4.79 Å². The van der Waals surface area contributed by atoms with Crippen LogP contribution in [0.3, 0.4) is 0 Å². The maximum absolute atomic E-state index is 10.8. The monoisotopic (exact) mass is 230 g/mol. The third-order valence-corrected chi connectivity index (χ3v) is 3.67. The van der Waals surface area contributed by atoms with E-state index in [1.165, 1.54) is 11.8 Å². The standard InChI is InChI=1S/C7H10N4O3S/c8-7-10-4-2(1-3(4)15-7)5(6(12)13)11-14-9/h2-4H,1,9H2,(H2,8,10)(H,12,13)/b11-5-. The number of carbonyl (C=O) groups is 1. The van der Waals surface area contributed by atoms with Gasteiger partial charge >= 0.3 is 5.97 Å². The van der Waals surface area contributed by atoms with Crippen LogP contribution < -0.4 is 11.6 Å². The number of hydrogen-bond donors (Lipinski definition) is 3. The molecule has 1 aliphatic carbocycles. The van der Waals surface area contributed by atoms with Gasteiger partial charge in [-0.25, -0.2) is 4.79 Å². The Kier molecular flexibility index (Phi) is 2.53. The van der Waals surface area contributed by atoms with E-state index >= 15 is 0 Å². The predicted octanol–water partition coefficient (Wildman–Crippen LogP) is -0.864. The normalized spacial score (nSPS) is 34.1. The van der Waals surface area contributed by atoms with E-state index < -0.39 is 5.97 Å². The largest absolute Gasteiger partial charge is 0.477 e. The molecular weight excluding hydrogens is 220 g/mol. The van der Waals surface area contributed by atoms with Crippen LogP contribution in [0.1, 0.15) is 6.42 Å². The van der Waals surface area contributed by atoms with Crippen LogP contribution in [0, 0.1) is 5.92 Å². The van der Waals surface area contributed by atoms with Gasteiger partial charge in [0.15, 0.2) is 10.9 Å². The van der Waals surface area contributed by atoms with Crippen LogP contribution in [0.4, 0.5) is 0 Å². The second-order valence-corrected chi connectivity index (χ2v) is 4.60. The van der Waals surface area contributed by atoms with Crippen molar-refractivity contribution in [1.29, 1.82) is 0 Å². The molecular formula is C7H10N4O3S. The summed E-state index contributed by atoms with van der Waals surface area (Å²) in [6, 6.07) is -0.0972. The van der Waals surface area contributed by atoms with Gasteiger partial charge in [-0.1, -0.05) is 16.9 Å². The Balaban J connectivity index is 2.12. The summed E-state index contributed by atoms with van der Waals surface area (Å²) in [7, 11) is 0. The third-order valence-electron chi connectivity index (χ3n) is 2.55. The van der Waals surface area contributed by atoms with E-state index in [0.29, 0.717) is 11.6 Å². The van der Waals surface area contributed by atoms with E-state index in [4.69, 9.17) is 16.7 Å². The molecule has 0 radical (unpaired) electrons. The first-order valence-corrected chi connectivity index (χ1v) is 5.18. The van der Waals surface area contributed by atoms with E-state index in [0.717, 1.165) is 0 Å². The van der Waals surface area contributed by atoms with Crippen molar-refractivity contribution in [2.75, 3.05) is 0 Å². The summed E-state index contributed by atoms with van der Waals surface area (Å²) < 4.78 is 0. The molecule has 0 aromatic heterocycles. The van der Waals surface area contributed by atoms with Crippen molar-refractivity contribution >= 4 is 28.6 Å². The molecule has 0 bridgehead atoms. The first-order valence-electron chi connectivity index (χ1n) is 4.30. The number of rotatable bonds is 3. The molecule has 3 atom stereocenters. The number of nitrogens with zero attached hydrogens (tertiary/aromatic N) is 2. The summed E-state index contributed by atoms with van der Waals surface area (Å²) >= 11 is 1.47. The number of hydrogen-bond acceptors (Lipinski definition) is 7. The first-order chi connectivity index (χ1) is 7.13. The second kappa shape index (κ2) is 3.70. The quantitative estimate of drug-likeness (QED) is 0.428. The zero-order valence-corrected chi connectivity index (χ0v) is 8.48. The Morgan fingerprint density at radius 3 is 3.00 bits per heavy atom. The predicted molar refractivity (Wildman–Crippen MR) is 55.2 cm³/mol. The zero-order chi connectivity index (χ0) is 11.0. The highest BCUT2D eigenvalue weighted by Gasteiger charge is 2.50. The second-order valence-electron chi connectivity index (χ2n) is 3.34. The minimum Gasteiger partial charge on any atom is -0.477 e. The lowest BCUT2D eigenvalue weighted by Crippen LogP contribution is -2.47. The van der Waals surface area contributed by atoms with Crippen molar-refractivity contribution in [1.82, 2.24) is 0 Å². The molecule has 0 spiro atoms. The molecule has 7 nitrogen and oxygen atoms in total. The molecule has 1 saturated carbocycles. The van der Waals surface area contributed by atoms with Gasteiger partial charge < -0.3 is 15.8 Å². The molecule has 2 aliphatic rings. The Morgan fingerprint density at radius 1 is 1.73 bits per heavy atom. The van der Waals surface area contributed by atoms with Crippen molar-refractivity contribution < 1.29 is 14.8 Å². The van der Waals surface area contributed by atoms with Crippen molar-refractivity contribution in [2.24, 2.45) is 27.7 Å². The average molecular weight is 230 g/mol. The first kappa shape index (κ1) is 10.2. The highest BCUT2D eigenvalue weighted by atomic mass is 32.2. The van der Waals surface area contributed by atoms with E-state index in [-0.39, 0.29) is 22.9 Å². The van der Waals surface area contributed by atoms with E-state index in [2.05, 4.69) is 15.1 Å². The van der Waals surface area contributed by atoms with Gasteiger partial charge in [-0.15, -0.1) is 5.90 Å². The minimum absolute atomic E-state index is 0.0854. The number of amidine groups is 1. The number of aliphatic imine (C=N–C) groups is 1. The number of carboxylic acids is 1. The van der Waals surface area contributed by atoms with Crippen LogP contribution in [0.2, 0.25) is 0 Å². The maximum Gasteiger partial charge on any atom is 0.354 e. The van der Waals surface area contributed by atoms with Gasteiger partial charge in [-0.05, 0) is 6.42 Å². The van der Waals surface area contributed by atoms with Crippen molar-refractivity contribution in [3.05, 3.63) is 0 Å². The molecule has 5 N–H and O–H groups in total. The molecule has 1 heterocycles. The Labute approximate surface area is 89.5 Å². The lowest BCUT2D eigenvalue weighted by Gasteiger charge is -2.36. The average Bonchev–Trinajstić information content (AvgIpc) is 2.44. The van der Waals surface area contributed by atoms with Gasteiger partial charge in [0.2, 0.25) is 0 Å². The topological polar surface area (TPSA) is 123 Å². The van der Waals surface area contributed by atoms with Gasteiger partial charge in [0.05, 0.1) is 6.04 Å². The molecule has 8 heteroatoms. The fourth-order valence-corrected chi connectivity index (χ4v) is 3.00. The summed E-state index contributed by atoms with van der Waals surface area (Å²) in [5.41, 5.74) is 5.45. The summed E-state index contributed by atoms with van der Waals surface area (Å²) in [4.78, 5) is 19.0. The Hall–Kier alpha value is -1.28. The number of oxime groups is 1. The fourth-order valence-electron chi connectivity index (χ4n) is 1.81. The highest BCUT2D eigenvalue weighted by Crippen LogP contribution is 2.44. The van der Waals surface area contributed by atoms with Crippen LogP contribution in [0.5, 0.6) is 0 Å². The van der Waals surface area contributed by atoms with Crippen LogP contribution in [-0.4, -0.2) is 33.2 Å². The van der Waals surface area contributed by atoms with Gasteiger partial charge in [-0.3, -0.25) is 4.99 Å². The zero-order valence-electron chi connectivity index (χ0n) is 7.66. The highest BCUT2D eigenvalue weighted by molar-refractivity contribution is 8.14. The molecule has 1 fully saturated rings. The summed E-state index contributed by atoms with van der Waals surface area (Å²) in [5, 5.41) is 13.0. The van der Waals surface area contributed by atoms with Crippen LogP contribution >= 0.6 is 11.8 Å². The SMILES string of the molecule is NO/N=C(\C(=O)O)C1CC2SC(N)=NC21. The molecule has 3 unspecified atom stereocenters. The smallest absolute Gasteiger partial charge is 0.354 e.